The Morgan fingerprint density at radius 1 is 1.10 bits per heavy atom. The Bertz CT molecular complexity index is 875. The van der Waals surface area contributed by atoms with Crippen molar-refractivity contribution in [2.45, 2.75) is 74.1 Å². The topological polar surface area (TPSA) is 81.1 Å². The largest absolute Gasteiger partial charge is 0.392 e. The predicted molar refractivity (Wildman–Crippen MR) is 180 cm³/mol. The molecule has 0 saturated carbocycles. The molecule has 1 rings (SSSR count). The van der Waals surface area contributed by atoms with Gasteiger partial charge in [-0.15, -0.1) is 12.8 Å². The Balaban J connectivity index is -0.000000251. The van der Waals surface area contributed by atoms with Crippen molar-refractivity contribution in [3.8, 4) is 12.8 Å². The summed E-state index contributed by atoms with van der Waals surface area (Å²) in [5, 5.41) is 12.6. The molecule has 1 aromatic rings. The maximum absolute atomic E-state index is 10.7. The van der Waals surface area contributed by atoms with E-state index in [9.17, 15) is 4.79 Å². The van der Waals surface area contributed by atoms with Crippen molar-refractivity contribution in [3.63, 3.8) is 0 Å². The first kappa shape index (κ1) is 43.2. The fourth-order valence-corrected chi connectivity index (χ4v) is 2.93. The van der Waals surface area contributed by atoms with E-state index in [1.807, 2.05) is 53.0 Å². The van der Waals surface area contributed by atoms with E-state index in [0.717, 1.165) is 74.3 Å². The molecule has 0 aliphatic heterocycles. The lowest BCUT2D eigenvalue weighted by molar-refractivity contribution is 0.112. The summed E-state index contributed by atoms with van der Waals surface area (Å²) in [6.07, 6.45) is 26.0. The van der Waals surface area contributed by atoms with Crippen LogP contribution < -0.4 is 15.5 Å². The molecule has 6 nitrogen and oxygen atoms in total. The first-order valence-corrected chi connectivity index (χ1v) is 14.1. The normalized spacial score (nSPS) is 10.2. The average Bonchev–Trinajstić information content (AvgIpc) is 3.00. The van der Waals surface area contributed by atoms with Gasteiger partial charge in [0.25, 0.3) is 0 Å². The van der Waals surface area contributed by atoms with E-state index >= 15 is 0 Å². The third-order valence-corrected chi connectivity index (χ3v) is 4.86. The van der Waals surface area contributed by atoms with Crippen molar-refractivity contribution in [2.75, 3.05) is 31.6 Å². The summed E-state index contributed by atoms with van der Waals surface area (Å²) in [4.78, 5) is 17.2. The summed E-state index contributed by atoms with van der Waals surface area (Å²) in [6, 6.07) is 3.57. The molecule has 1 aromatic heterocycles. The molecule has 0 amide bonds. The Morgan fingerprint density at radius 2 is 1.70 bits per heavy atom. The van der Waals surface area contributed by atoms with Crippen molar-refractivity contribution in [2.24, 2.45) is 0 Å². The lowest BCUT2D eigenvalue weighted by atomic mass is 10.0. The molecule has 3 N–H and O–H groups in total. The van der Waals surface area contributed by atoms with Gasteiger partial charge >= 0.3 is 0 Å². The van der Waals surface area contributed by atoms with Crippen LogP contribution in [0.4, 0.5) is 5.82 Å². The van der Waals surface area contributed by atoms with Gasteiger partial charge in [-0.25, -0.2) is 4.98 Å². The minimum absolute atomic E-state index is 0.692. The zero-order valence-corrected chi connectivity index (χ0v) is 26.6. The number of rotatable bonds is 15. The third-order valence-electron chi connectivity index (χ3n) is 4.86. The number of carbonyl (C=O) groups is 1. The van der Waals surface area contributed by atoms with E-state index in [4.69, 9.17) is 5.41 Å². The number of terminal acetylenes is 1. The second-order valence-corrected chi connectivity index (χ2v) is 7.84. The molecule has 40 heavy (non-hydrogen) atoms. The second kappa shape index (κ2) is 35.2. The fourth-order valence-electron chi connectivity index (χ4n) is 2.93. The standard InChI is InChI=1S/C14H22N2.C12H18N2O.C4H9N.C2H6.C2H2/c1-6-13(7-2)14(9-10-16-8-3)11-12(4)15-5;1-3-7-14(8-4-2)12-9-11(10-15)5-6-13-12;1-2-3-4-5;2*1-2/h6-9,11,15-16H,1,3,10H2,2,4-5H3;5-6,9-10H,3-4,7-8H2,1-2H3;4-5H,2-3H2,1H3;1-2H3;1-2H/b12-11+,13-7-,14-9-;;;;. The molecule has 0 aliphatic rings. The molecule has 0 fully saturated rings. The lowest BCUT2D eigenvalue weighted by Crippen LogP contribution is -2.25. The highest BCUT2D eigenvalue weighted by Gasteiger charge is 2.06. The zero-order chi connectivity index (χ0) is 31.6. The van der Waals surface area contributed by atoms with Crippen molar-refractivity contribution < 1.29 is 4.79 Å². The Labute approximate surface area is 247 Å². The quantitative estimate of drug-likeness (QED) is 0.0674. The molecule has 0 spiro atoms. The van der Waals surface area contributed by atoms with Crippen molar-refractivity contribution in [1.29, 1.82) is 5.41 Å². The van der Waals surface area contributed by atoms with Crippen LogP contribution in [0.25, 0.3) is 0 Å². The zero-order valence-electron chi connectivity index (χ0n) is 26.6. The van der Waals surface area contributed by atoms with E-state index in [1.54, 1.807) is 18.5 Å². The van der Waals surface area contributed by atoms with Crippen LogP contribution in [0.1, 0.15) is 84.5 Å². The molecule has 0 radical (unpaired) electrons. The number of anilines is 1. The average molecular weight is 552 g/mol. The van der Waals surface area contributed by atoms with Crippen LogP contribution in [0.2, 0.25) is 0 Å². The van der Waals surface area contributed by atoms with E-state index in [2.05, 4.69) is 79.4 Å². The van der Waals surface area contributed by atoms with Crippen LogP contribution in [0.15, 0.2) is 78.8 Å². The van der Waals surface area contributed by atoms with Gasteiger partial charge < -0.3 is 20.9 Å². The first-order chi connectivity index (χ1) is 19.4. The van der Waals surface area contributed by atoms with E-state index in [1.165, 1.54) is 6.21 Å². The maximum Gasteiger partial charge on any atom is 0.150 e. The number of allylic oxidation sites excluding steroid dienone is 6. The monoisotopic (exact) mass is 551 g/mol. The summed E-state index contributed by atoms with van der Waals surface area (Å²) in [6.45, 7) is 24.6. The Morgan fingerprint density at radius 3 is 2.08 bits per heavy atom. The number of carbonyl (C=O) groups excluding carboxylic acids is 1. The fraction of sp³-hybridized carbons (Fsp3) is 0.441. The van der Waals surface area contributed by atoms with E-state index in [-0.39, 0.29) is 0 Å². The number of hydrogen-bond donors (Lipinski definition) is 3. The SMILES string of the molecule is C#C.C=CNC/C=C(/C=C(\C)NC)C(\C=C)=C/C.CC.CCCC=N.CCCN(CCC)c1cc(C=O)ccn1. The number of aromatic nitrogens is 1. The van der Waals surface area contributed by atoms with Crippen LogP contribution >= 0.6 is 0 Å². The highest BCUT2D eigenvalue weighted by molar-refractivity contribution is 5.76. The van der Waals surface area contributed by atoms with Crippen molar-refractivity contribution in [3.05, 3.63) is 84.4 Å². The van der Waals surface area contributed by atoms with Gasteiger partial charge in [0.05, 0.1) is 0 Å². The van der Waals surface area contributed by atoms with Crippen molar-refractivity contribution in [1.82, 2.24) is 15.6 Å². The van der Waals surface area contributed by atoms with E-state index < -0.39 is 0 Å². The summed E-state index contributed by atoms with van der Waals surface area (Å²) in [7, 11) is 1.91. The van der Waals surface area contributed by atoms with Gasteiger partial charge in [0, 0.05) is 44.1 Å². The minimum atomic E-state index is 0.692. The molecule has 0 aromatic carbocycles. The van der Waals surface area contributed by atoms with Gasteiger partial charge in [-0.1, -0.05) is 72.4 Å². The van der Waals surface area contributed by atoms with Gasteiger partial charge in [-0.05, 0) is 74.9 Å². The number of hydrogen-bond acceptors (Lipinski definition) is 6. The van der Waals surface area contributed by atoms with Gasteiger partial charge in [-0.3, -0.25) is 4.79 Å². The van der Waals surface area contributed by atoms with Crippen LogP contribution in [0.5, 0.6) is 0 Å². The molecule has 0 bridgehead atoms. The summed E-state index contributed by atoms with van der Waals surface area (Å²) >= 11 is 0. The molecule has 0 aliphatic carbocycles. The number of nitrogens with zero attached hydrogens (tertiary/aromatic N) is 2. The van der Waals surface area contributed by atoms with Crippen LogP contribution in [0.3, 0.4) is 0 Å². The predicted octanol–water partition coefficient (Wildman–Crippen LogP) is 8.13. The summed E-state index contributed by atoms with van der Waals surface area (Å²) < 4.78 is 0. The Hall–Kier alpha value is -3.85. The summed E-state index contributed by atoms with van der Waals surface area (Å²) in [5.41, 5.74) is 4.09. The molecular weight excluding hydrogens is 494 g/mol. The Kier molecular flexibility index (Phi) is 38.0. The number of unbranched alkanes of at least 4 members (excludes halogenated alkanes) is 1. The minimum Gasteiger partial charge on any atom is -0.392 e. The molecule has 1 heterocycles. The highest BCUT2D eigenvalue weighted by atomic mass is 16.1. The molecule has 0 saturated heterocycles. The molecule has 0 unspecified atom stereocenters. The molecular formula is C34H57N5O. The summed E-state index contributed by atoms with van der Waals surface area (Å²) in [5.74, 6) is 0.906. The van der Waals surface area contributed by atoms with Gasteiger partial charge in [0.2, 0.25) is 0 Å². The molecule has 6 heteroatoms. The van der Waals surface area contributed by atoms with Gasteiger partial charge in [0.15, 0.2) is 0 Å². The lowest BCUT2D eigenvalue weighted by Gasteiger charge is -2.22. The van der Waals surface area contributed by atoms with Gasteiger partial charge in [0.1, 0.15) is 12.1 Å². The number of pyridine rings is 1. The maximum atomic E-state index is 10.7. The van der Waals surface area contributed by atoms with Crippen LogP contribution in [-0.2, 0) is 0 Å². The third kappa shape index (κ3) is 24.5. The highest BCUT2D eigenvalue weighted by Crippen LogP contribution is 2.14. The van der Waals surface area contributed by atoms with Crippen LogP contribution in [-0.4, -0.2) is 44.2 Å². The van der Waals surface area contributed by atoms with Crippen molar-refractivity contribution >= 4 is 18.3 Å². The van der Waals surface area contributed by atoms with E-state index in [0.29, 0.717) is 5.56 Å². The molecule has 0 atom stereocenters. The number of nitrogens with one attached hydrogen (secondary N) is 3. The molecule has 224 valence electrons. The van der Waals surface area contributed by atoms with Gasteiger partial charge in [-0.2, -0.15) is 0 Å². The second-order valence-electron chi connectivity index (χ2n) is 7.84. The number of aldehydes is 1. The van der Waals surface area contributed by atoms with Crippen LogP contribution in [0, 0.1) is 18.3 Å². The first-order valence-electron chi connectivity index (χ1n) is 14.1. The smallest absolute Gasteiger partial charge is 0.150 e.